The van der Waals surface area contributed by atoms with Crippen LogP contribution < -0.4 is 0 Å². The number of hydrogen-bond donors (Lipinski definition) is 0. The van der Waals surface area contributed by atoms with Crippen molar-refractivity contribution >= 4 is 11.8 Å². The fourth-order valence-corrected chi connectivity index (χ4v) is 1.26. The van der Waals surface area contributed by atoms with Gasteiger partial charge >= 0.3 is 5.97 Å². The highest BCUT2D eigenvalue weighted by atomic mass is 16.5. The second-order valence-corrected chi connectivity index (χ2v) is 4.12. The summed E-state index contributed by atoms with van der Waals surface area (Å²) in [5.41, 5.74) is -0.436. The Morgan fingerprint density at radius 1 is 1.50 bits per heavy atom. The highest BCUT2D eigenvalue weighted by Crippen LogP contribution is 2.26. The first-order valence-corrected chi connectivity index (χ1v) is 4.14. The Hall–Kier alpha value is -0.860. The molecule has 0 aromatic heterocycles. The number of carbonyl (C=O) groups excluding carboxylic acids is 2. The molecular weight excluding hydrogens is 156 g/mol. The number of ketones is 1. The van der Waals surface area contributed by atoms with Gasteiger partial charge in [0, 0.05) is 11.8 Å². The Bertz CT molecular complexity index is 212. The summed E-state index contributed by atoms with van der Waals surface area (Å²) in [6.07, 6.45) is 0.551. The van der Waals surface area contributed by atoms with Gasteiger partial charge in [-0.15, -0.1) is 0 Å². The van der Waals surface area contributed by atoms with Crippen molar-refractivity contribution in [2.45, 2.75) is 27.2 Å². The molecule has 1 unspecified atom stereocenters. The molecule has 1 rings (SSSR count). The van der Waals surface area contributed by atoms with E-state index in [1.165, 1.54) is 0 Å². The average molecular weight is 170 g/mol. The van der Waals surface area contributed by atoms with Crippen LogP contribution in [0, 0.1) is 11.3 Å². The van der Waals surface area contributed by atoms with Crippen LogP contribution >= 0.6 is 0 Å². The van der Waals surface area contributed by atoms with E-state index >= 15 is 0 Å². The number of ether oxygens (including phenoxy) is 1. The van der Waals surface area contributed by atoms with Gasteiger partial charge in [0.25, 0.3) is 0 Å². The summed E-state index contributed by atoms with van der Waals surface area (Å²) in [5.74, 6) is -0.870. The molecule has 0 aromatic carbocycles. The summed E-state index contributed by atoms with van der Waals surface area (Å²) >= 11 is 0. The predicted molar refractivity (Wildman–Crippen MR) is 43.5 cm³/mol. The molecule has 12 heavy (non-hydrogen) atoms. The Balaban J connectivity index is 2.71. The molecule has 0 saturated carbocycles. The molecule has 0 N–H and O–H groups in total. The summed E-state index contributed by atoms with van der Waals surface area (Å²) in [7, 11) is 0. The van der Waals surface area contributed by atoms with Crippen LogP contribution in [0.25, 0.3) is 0 Å². The second kappa shape index (κ2) is 2.88. The molecule has 0 spiro atoms. The van der Waals surface area contributed by atoms with Gasteiger partial charge in [0.15, 0.2) is 5.78 Å². The van der Waals surface area contributed by atoms with Crippen LogP contribution in [0.3, 0.4) is 0 Å². The summed E-state index contributed by atoms with van der Waals surface area (Å²) in [6.45, 7) is 5.86. The Kier molecular flexibility index (Phi) is 2.22. The lowest BCUT2D eigenvalue weighted by atomic mass is 9.82. The van der Waals surface area contributed by atoms with E-state index < -0.39 is 11.3 Å². The van der Waals surface area contributed by atoms with Crippen molar-refractivity contribution in [3.8, 4) is 0 Å². The van der Waals surface area contributed by atoms with Crippen LogP contribution in [0.5, 0.6) is 0 Å². The van der Waals surface area contributed by atoms with Gasteiger partial charge in [0.2, 0.25) is 0 Å². The topological polar surface area (TPSA) is 43.4 Å². The van der Waals surface area contributed by atoms with Gasteiger partial charge in [0.05, 0.1) is 6.61 Å². The standard InChI is InChI=1S/C9H14O3/c1-9(2,3)7(10)6-4-5-12-8(6)11/h6H,4-5H2,1-3H3. The minimum atomic E-state index is -0.509. The molecule has 1 aliphatic rings. The summed E-state index contributed by atoms with van der Waals surface area (Å²) < 4.78 is 4.72. The third-order valence-corrected chi connectivity index (χ3v) is 1.99. The van der Waals surface area contributed by atoms with E-state index in [0.29, 0.717) is 13.0 Å². The number of hydrogen-bond acceptors (Lipinski definition) is 3. The molecule has 0 aliphatic carbocycles. The fraction of sp³-hybridized carbons (Fsp3) is 0.778. The maximum absolute atomic E-state index is 11.6. The quantitative estimate of drug-likeness (QED) is 0.438. The van der Waals surface area contributed by atoms with Crippen molar-refractivity contribution in [3.63, 3.8) is 0 Å². The first kappa shape index (κ1) is 9.23. The minimum Gasteiger partial charge on any atom is -0.465 e. The van der Waals surface area contributed by atoms with Crippen LogP contribution in [0.15, 0.2) is 0 Å². The number of rotatable bonds is 1. The zero-order valence-corrected chi connectivity index (χ0v) is 7.72. The van der Waals surface area contributed by atoms with E-state index in [-0.39, 0.29) is 11.8 Å². The molecule has 1 fully saturated rings. The lowest BCUT2D eigenvalue weighted by Gasteiger charge is -2.18. The molecule has 1 heterocycles. The van der Waals surface area contributed by atoms with Crippen molar-refractivity contribution in [3.05, 3.63) is 0 Å². The maximum Gasteiger partial charge on any atom is 0.316 e. The number of cyclic esters (lactones) is 1. The molecule has 3 nitrogen and oxygen atoms in total. The largest absolute Gasteiger partial charge is 0.465 e. The van der Waals surface area contributed by atoms with Crippen molar-refractivity contribution in [2.75, 3.05) is 6.61 Å². The van der Waals surface area contributed by atoms with E-state index in [2.05, 4.69) is 0 Å². The van der Waals surface area contributed by atoms with E-state index in [9.17, 15) is 9.59 Å². The van der Waals surface area contributed by atoms with Crippen LogP contribution in [0.2, 0.25) is 0 Å². The normalized spacial score (nSPS) is 23.9. The summed E-state index contributed by atoms with van der Waals surface area (Å²) in [6, 6.07) is 0. The first-order chi connectivity index (χ1) is 5.43. The highest BCUT2D eigenvalue weighted by Gasteiger charge is 2.38. The molecule has 3 heteroatoms. The van der Waals surface area contributed by atoms with Crippen molar-refractivity contribution in [2.24, 2.45) is 11.3 Å². The van der Waals surface area contributed by atoms with E-state index in [4.69, 9.17) is 4.74 Å². The summed E-state index contributed by atoms with van der Waals surface area (Å²) in [5, 5.41) is 0. The predicted octanol–water partition coefficient (Wildman–Crippen LogP) is 1.16. The zero-order chi connectivity index (χ0) is 9.35. The van der Waals surface area contributed by atoms with Gasteiger partial charge < -0.3 is 4.74 Å². The zero-order valence-electron chi connectivity index (χ0n) is 7.72. The van der Waals surface area contributed by atoms with Gasteiger partial charge in [-0.05, 0) is 0 Å². The fourth-order valence-electron chi connectivity index (χ4n) is 1.26. The molecule has 0 radical (unpaired) electrons. The van der Waals surface area contributed by atoms with Gasteiger partial charge in [0.1, 0.15) is 5.92 Å². The SMILES string of the molecule is CC(C)(C)C(=O)C1CCOC1=O. The van der Waals surface area contributed by atoms with Crippen molar-refractivity contribution in [1.29, 1.82) is 0 Å². The molecule has 0 amide bonds. The maximum atomic E-state index is 11.6. The van der Waals surface area contributed by atoms with E-state index in [1.807, 2.05) is 20.8 Å². The van der Waals surface area contributed by atoms with Crippen LogP contribution in [-0.4, -0.2) is 18.4 Å². The molecule has 68 valence electrons. The van der Waals surface area contributed by atoms with Crippen molar-refractivity contribution < 1.29 is 14.3 Å². The smallest absolute Gasteiger partial charge is 0.316 e. The van der Waals surface area contributed by atoms with E-state index in [1.54, 1.807) is 0 Å². The van der Waals surface area contributed by atoms with Crippen LogP contribution in [0.4, 0.5) is 0 Å². The molecule has 0 aromatic rings. The lowest BCUT2D eigenvalue weighted by Crippen LogP contribution is -2.30. The first-order valence-electron chi connectivity index (χ1n) is 4.14. The lowest BCUT2D eigenvalue weighted by molar-refractivity contribution is -0.146. The van der Waals surface area contributed by atoms with Gasteiger partial charge in [-0.1, -0.05) is 20.8 Å². The van der Waals surface area contributed by atoms with Crippen molar-refractivity contribution in [1.82, 2.24) is 0 Å². The molecular formula is C9H14O3. The number of Topliss-reactive ketones (excluding diaryl/α,β-unsaturated/α-hetero) is 1. The number of esters is 1. The number of carbonyl (C=O) groups is 2. The third-order valence-electron chi connectivity index (χ3n) is 1.99. The molecule has 0 bridgehead atoms. The third kappa shape index (κ3) is 1.65. The van der Waals surface area contributed by atoms with Gasteiger partial charge in [-0.2, -0.15) is 0 Å². The molecule has 1 atom stereocenters. The van der Waals surface area contributed by atoms with Gasteiger partial charge in [-0.3, -0.25) is 9.59 Å². The minimum absolute atomic E-state index is 0.00926. The Morgan fingerprint density at radius 2 is 2.08 bits per heavy atom. The molecule has 1 saturated heterocycles. The highest BCUT2D eigenvalue weighted by molar-refractivity contribution is 6.02. The molecule has 1 aliphatic heterocycles. The Morgan fingerprint density at radius 3 is 2.42 bits per heavy atom. The second-order valence-electron chi connectivity index (χ2n) is 4.12. The van der Waals surface area contributed by atoms with Crippen LogP contribution in [-0.2, 0) is 14.3 Å². The average Bonchev–Trinajstić information content (AvgIpc) is 2.31. The van der Waals surface area contributed by atoms with Crippen LogP contribution in [0.1, 0.15) is 27.2 Å². The Labute approximate surface area is 72.1 Å². The summed E-state index contributed by atoms with van der Waals surface area (Å²) in [4.78, 5) is 22.6. The monoisotopic (exact) mass is 170 g/mol. The van der Waals surface area contributed by atoms with Gasteiger partial charge in [-0.25, -0.2) is 0 Å². The van der Waals surface area contributed by atoms with E-state index in [0.717, 1.165) is 0 Å².